The van der Waals surface area contributed by atoms with Gasteiger partial charge in [0.25, 0.3) is 0 Å². The van der Waals surface area contributed by atoms with Gasteiger partial charge in [0.2, 0.25) is 5.91 Å². The Kier molecular flexibility index (Phi) is 8.32. The molecule has 2 aromatic rings. The largest absolute Gasteiger partial charge is 0.492 e. The molecule has 6 heteroatoms. The van der Waals surface area contributed by atoms with E-state index in [0.29, 0.717) is 37.4 Å². The van der Waals surface area contributed by atoms with Crippen LogP contribution in [-0.4, -0.2) is 32.1 Å². The number of methoxy groups -OCH3 is 1. The molecule has 1 atom stereocenters. The maximum Gasteiger partial charge on any atom is 0.305 e. The van der Waals surface area contributed by atoms with Gasteiger partial charge in [-0.1, -0.05) is 42.5 Å². The Morgan fingerprint density at radius 3 is 2.44 bits per heavy atom. The molecule has 1 amide bonds. The van der Waals surface area contributed by atoms with E-state index >= 15 is 0 Å². The summed E-state index contributed by atoms with van der Waals surface area (Å²) in [7, 11) is 1.37. The van der Waals surface area contributed by atoms with E-state index in [4.69, 9.17) is 4.74 Å². The molecule has 0 saturated heterocycles. The van der Waals surface area contributed by atoms with Crippen molar-refractivity contribution in [2.24, 2.45) is 0 Å². The highest BCUT2D eigenvalue weighted by molar-refractivity contribution is 5.96. The second-order valence-electron chi connectivity index (χ2n) is 5.90. The number of para-hydroxylation sites is 2. The summed E-state index contributed by atoms with van der Waals surface area (Å²) in [6.07, 6.45) is 0.888. The molecule has 0 aliphatic rings. The number of ether oxygens (including phenoxy) is 2. The molecule has 0 aliphatic heterocycles. The normalized spacial score (nSPS) is 11.5. The van der Waals surface area contributed by atoms with Crippen LogP contribution in [0.5, 0.6) is 5.75 Å². The lowest BCUT2D eigenvalue weighted by Gasteiger charge is -2.20. The van der Waals surface area contributed by atoms with Gasteiger partial charge in [-0.3, -0.25) is 9.59 Å². The number of rotatable bonds is 10. The second kappa shape index (κ2) is 11.0. The molecular formula is C21H26N2O4. The minimum absolute atomic E-state index is 0.188. The van der Waals surface area contributed by atoms with E-state index in [-0.39, 0.29) is 11.9 Å². The molecule has 0 fully saturated rings. The molecular weight excluding hydrogens is 344 g/mol. The number of anilines is 1. The molecule has 0 aliphatic carbocycles. The van der Waals surface area contributed by atoms with Gasteiger partial charge in [0.05, 0.1) is 19.4 Å². The van der Waals surface area contributed by atoms with Crippen LogP contribution in [0.4, 0.5) is 5.69 Å². The molecule has 0 aromatic heterocycles. The number of carbonyl (C=O) groups excluding carboxylic acids is 2. The predicted octanol–water partition coefficient (Wildman–Crippen LogP) is 3.31. The fourth-order valence-electron chi connectivity index (χ4n) is 2.64. The van der Waals surface area contributed by atoms with Gasteiger partial charge in [-0.25, -0.2) is 0 Å². The summed E-state index contributed by atoms with van der Waals surface area (Å²) in [6.45, 7) is 2.92. The third-order valence-corrected chi connectivity index (χ3v) is 3.97. The maximum atomic E-state index is 12.9. The summed E-state index contributed by atoms with van der Waals surface area (Å²) in [6, 6.07) is 16.3. The number of esters is 1. The first-order chi connectivity index (χ1) is 13.2. The molecule has 2 rings (SSSR count). The highest BCUT2D eigenvalue weighted by Gasteiger charge is 2.21. The van der Waals surface area contributed by atoms with E-state index in [0.717, 1.165) is 5.56 Å². The summed E-state index contributed by atoms with van der Waals surface area (Å²) in [5.74, 6) is 0.181. The standard InChI is InChI=1S/C21H26N2O4/c1-3-27-18-13-8-7-12-17(18)23-21(25)20(16-10-5-4-6-11-16)22-15-9-14-19(24)26-2/h4-8,10-13,20,22H,3,9,14-15H2,1-2H3,(H,23,25)/t20-/m0/s1. The van der Waals surface area contributed by atoms with Crippen LogP contribution in [0, 0.1) is 0 Å². The summed E-state index contributed by atoms with van der Waals surface area (Å²) in [4.78, 5) is 24.2. The smallest absolute Gasteiger partial charge is 0.305 e. The Balaban J connectivity index is 2.08. The van der Waals surface area contributed by atoms with Crippen LogP contribution in [-0.2, 0) is 14.3 Å². The van der Waals surface area contributed by atoms with Crippen molar-refractivity contribution in [2.75, 3.05) is 25.6 Å². The van der Waals surface area contributed by atoms with Crippen LogP contribution in [0.1, 0.15) is 31.4 Å². The Hall–Kier alpha value is -2.86. The fourth-order valence-corrected chi connectivity index (χ4v) is 2.64. The quantitative estimate of drug-likeness (QED) is 0.496. The van der Waals surface area contributed by atoms with Crippen molar-refractivity contribution in [3.05, 3.63) is 60.2 Å². The zero-order chi connectivity index (χ0) is 19.5. The molecule has 0 radical (unpaired) electrons. The van der Waals surface area contributed by atoms with Crippen LogP contribution in [0.3, 0.4) is 0 Å². The van der Waals surface area contributed by atoms with Crippen molar-refractivity contribution in [3.8, 4) is 5.75 Å². The van der Waals surface area contributed by atoms with E-state index in [1.54, 1.807) is 0 Å². The monoisotopic (exact) mass is 370 g/mol. The number of hydrogen-bond acceptors (Lipinski definition) is 5. The van der Waals surface area contributed by atoms with Crippen molar-refractivity contribution < 1.29 is 19.1 Å². The number of benzene rings is 2. The Labute approximate surface area is 159 Å². The van der Waals surface area contributed by atoms with Gasteiger partial charge in [-0.05, 0) is 37.6 Å². The van der Waals surface area contributed by atoms with Crippen LogP contribution >= 0.6 is 0 Å². The SMILES string of the molecule is CCOc1ccccc1NC(=O)[C@@H](NCCCC(=O)OC)c1ccccc1. The van der Waals surface area contributed by atoms with Gasteiger partial charge in [0.1, 0.15) is 11.8 Å². The zero-order valence-corrected chi connectivity index (χ0v) is 15.7. The van der Waals surface area contributed by atoms with E-state index in [2.05, 4.69) is 15.4 Å². The topological polar surface area (TPSA) is 76.7 Å². The third kappa shape index (κ3) is 6.42. The van der Waals surface area contributed by atoms with Crippen molar-refractivity contribution in [1.82, 2.24) is 5.32 Å². The first kappa shape index (κ1) is 20.5. The van der Waals surface area contributed by atoms with Gasteiger partial charge >= 0.3 is 5.97 Å². The Bertz CT molecular complexity index is 734. The van der Waals surface area contributed by atoms with E-state index < -0.39 is 6.04 Å². The predicted molar refractivity (Wildman–Crippen MR) is 105 cm³/mol. The zero-order valence-electron chi connectivity index (χ0n) is 15.7. The van der Waals surface area contributed by atoms with Gasteiger partial charge < -0.3 is 20.1 Å². The molecule has 0 spiro atoms. The molecule has 27 heavy (non-hydrogen) atoms. The van der Waals surface area contributed by atoms with Crippen molar-refractivity contribution in [2.45, 2.75) is 25.8 Å². The van der Waals surface area contributed by atoms with Crippen molar-refractivity contribution in [3.63, 3.8) is 0 Å². The number of nitrogens with one attached hydrogen (secondary N) is 2. The summed E-state index contributed by atoms with van der Waals surface area (Å²) >= 11 is 0. The lowest BCUT2D eigenvalue weighted by molar-refractivity contribution is -0.140. The molecule has 2 N–H and O–H groups in total. The Morgan fingerprint density at radius 2 is 1.74 bits per heavy atom. The molecule has 0 heterocycles. The number of carbonyl (C=O) groups is 2. The number of amides is 1. The van der Waals surface area contributed by atoms with Gasteiger partial charge in [-0.15, -0.1) is 0 Å². The number of hydrogen-bond donors (Lipinski definition) is 2. The molecule has 6 nitrogen and oxygen atoms in total. The fraction of sp³-hybridized carbons (Fsp3) is 0.333. The summed E-state index contributed by atoms with van der Waals surface area (Å²) < 4.78 is 10.2. The maximum absolute atomic E-state index is 12.9. The van der Waals surface area contributed by atoms with Gasteiger partial charge in [-0.2, -0.15) is 0 Å². The third-order valence-electron chi connectivity index (χ3n) is 3.97. The van der Waals surface area contributed by atoms with Crippen molar-refractivity contribution in [1.29, 1.82) is 0 Å². The van der Waals surface area contributed by atoms with Crippen LogP contribution < -0.4 is 15.4 Å². The highest BCUT2D eigenvalue weighted by Crippen LogP contribution is 2.25. The minimum Gasteiger partial charge on any atom is -0.492 e. The molecule has 0 saturated carbocycles. The van der Waals surface area contributed by atoms with Crippen LogP contribution in [0.25, 0.3) is 0 Å². The average Bonchev–Trinajstić information content (AvgIpc) is 2.70. The molecule has 2 aromatic carbocycles. The highest BCUT2D eigenvalue weighted by atomic mass is 16.5. The van der Waals surface area contributed by atoms with Crippen LogP contribution in [0.2, 0.25) is 0 Å². The lowest BCUT2D eigenvalue weighted by Crippen LogP contribution is -2.34. The average molecular weight is 370 g/mol. The first-order valence-electron chi connectivity index (χ1n) is 9.03. The van der Waals surface area contributed by atoms with E-state index in [9.17, 15) is 9.59 Å². The molecule has 0 bridgehead atoms. The van der Waals surface area contributed by atoms with Crippen LogP contribution in [0.15, 0.2) is 54.6 Å². The summed E-state index contributed by atoms with van der Waals surface area (Å²) in [5, 5.41) is 6.16. The van der Waals surface area contributed by atoms with Gasteiger partial charge in [0.15, 0.2) is 0 Å². The molecule has 0 unspecified atom stereocenters. The first-order valence-corrected chi connectivity index (χ1v) is 9.03. The van der Waals surface area contributed by atoms with E-state index in [1.165, 1.54) is 7.11 Å². The lowest BCUT2D eigenvalue weighted by atomic mass is 10.1. The second-order valence-corrected chi connectivity index (χ2v) is 5.90. The molecule has 144 valence electrons. The Morgan fingerprint density at radius 1 is 1.04 bits per heavy atom. The van der Waals surface area contributed by atoms with Crippen molar-refractivity contribution >= 4 is 17.6 Å². The van der Waals surface area contributed by atoms with E-state index in [1.807, 2.05) is 61.5 Å². The minimum atomic E-state index is -0.543. The van der Waals surface area contributed by atoms with Gasteiger partial charge in [0, 0.05) is 6.42 Å². The summed E-state index contributed by atoms with van der Waals surface area (Å²) in [5.41, 5.74) is 1.48.